The number of imidazole rings is 1. The number of thiophene rings is 1. The van der Waals surface area contributed by atoms with Crippen LogP contribution in [0.2, 0.25) is 0 Å². The largest absolute Gasteiger partial charge is 0.342 e. The lowest BCUT2D eigenvalue weighted by Crippen LogP contribution is -2.25. The van der Waals surface area contributed by atoms with E-state index in [1.54, 1.807) is 25.2 Å². The number of aryl methyl sites for hydroxylation is 2. The van der Waals surface area contributed by atoms with E-state index < -0.39 is 10.0 Å². The monoisotopic (exact) mass is 321 g/mol. The minimum absolute atomic E-state index is 0.350. The first-order chi connectivity index (χ1) is 9.88. The van der Waals surface area contributed by atoms with Crippen molar-refractivity contribution >= 4 is 38.1 Å². The third-order valence-corrected chi connectivity index (χ3v) is 6.53. The Morgan fingerprint density at radius 1 is 1.19 bits per heavy atom. The number of nitrogens with zero attached hydrogens (tertiary/aromatic N) is 2. The first-order valence-corrected chi connectivity index (χ1v) is 8.65. The summed E-state index contributed by atoms with van der Waals surface area (Å²) in [5.74, 6) is 0.807. The third kappa shape index (κ3) is 2.43. The second-order valence-electron chi connectivity index (χ2n) is 4.86. The predicted octanol–water partition coefficient (Wildman–Crippen LogP) is 3.07. The molecule has 3 rings (SSSR count). The van der Waals surface area contributed by atoms with Crippen LogP contribution in [0.5, 0.6) is 0 Å². The topological polar surface area (TPSA) is 66.1 Å². The lowest BCUT2D eigenvalue weighted by molar-refractivity contribution is 0.596. The first kappa shape index (κ1) is 14.1. The van der Waals surface area contributed by atoms with Gasteiger partial charge in [-0.3, -0.25) is 4.31 Å². The molecule has 0 saturated carbocycles. The number of aromatic amines is 1. The lowest BCUT2D eigenvalue weighted by Gasteiger charge is -2.18. The zero-order valence-electron chi connectivity index (χ0n) is 11.9. The van der Waals surface area contributed by atoms with Gasteiger partial charge in [-0.2, -0.15) is 0 Å². The van der Waals surface area contributed by atoms with Gasteiger partial charge in [0.1, 0.15) is 10.0 Å². The number of sulfonamides is 1. The summed E-state index contributed by atoms with van der Waals surface area (Å²) in [6.45, 7) is 3.76. The number of hydrogen-bond acceptors (Lipinski definition) is 4. The molecule has 0 fully saturated rings. The van der Waals surface area contributed by atoms with E-state index in [2.05, 4.69) is 9.97 Å². The molecule has 0 aliphatic rings. The van der Waals surface area contributed by atoms with E-state index in [1.165, 1.54) is 15.6 Å². The van der Waals surface area contributed by atoms with Gasteiger partial charge >= 0.3 is 0 Å². The summed E-state index contributed by atoms with van der Waals surface area (Å²) in [6.07, 6.45) is 0. The standard InChI is InChI=1S/C14H15N3O2S2/c1-9-4-7-14(20-9)21(18,19)17(3)11-5-6-12-13(8-11)16-10(2)15-12/h4-8H,1-3H3,(H,15,16). The molecule has 1 N–H and O–H groups in total. The number of nitrogens with one attached hydrogen (secondary N) is 1. The molecule has 7 heteroatoms. The maximum atomic E-state index is 12.6. The van der Waals surface area contributed by atoms with E-state index in [1.807, 2.05) is 26.0 Å². The second kappa shape index (κ2) is 4.85. The molecular weight excluding hydrogens is 306 g/mol. The highest BCUT2D eigenvalue weighted by Gasteiger charge is 2.23. The van der Waals surface area contributed by atoms with Gasteiger partial charge in [-0.15, -0.1) is 11.3 Å². The molecule has 2 aromatic heterocycles. The van der Waals surface area contributed by atoms with Crippen molar-refractivity contribution < 1.29 is 8.42 Å². The average Bonchev–Trinajstić information content (AvgIpc) is 3.01. The molecule has 0 atom stereocenters. The molecule has 0 radical (unpaired) electrons. The van der Waals surface area contributed by atoms with Crippen LogP contribution in [0, 0.1) is 13.8 Å². The maximum absolute atomic E-state index is 12.6. The minimum Gasteiger partial charge on any atom is -0.342 e. The zero-order valence-corrected chi connectivity index (χ0v) is 13.5. The van der Waals surface area contributed by atoms with Gasteiger partial charge in [-0.1, -0.05) is 0 Å². The van der Waals surface area contributed by atoms with E-state index in [-0.39, 0.29) is 0 Å². The van der Waals surface area contributed by atoms with Crippen LogP contribution in [0.15, 0.2) is 34.5 Å². The third-order valence-electron chi connectivity index (χ3n) is 3.28. The Morgan fingerprint density at radius 3 is 2.62 bits per heavy atom. The van der Waals surface area contributed by atoms with Gasteiger partial charge in [0.15, 0.2) is 0 Å². The first-order valence-electron chi connectivity index (χ1n) is 6.40. The highest BCUT2D eigenvalue weighted by atomic mass is 32.2. The van der Waals surface area contributed by atoms with Gasteiger partial charge in [0.2, 0.25) is 0 Å². The molecule has 21 heavy (non-hydrogen) atoms. The van der Waals surface area contributed by atoms with E-state index in [0.717, 1.165) is 21.7 Å². The lowest BCUT2D eigenvalue weighted by atomic mass is 10.3. The Bertz CT molecular complexity index is 909. The maximum Gasteiger partial charge on any atom is 0.273 e. The molecule has 0 aliphatic heterocycles. The van der Waals surface area contributed by atoms with Gasteiger partial charge < -0.3 is 4.98 Å². The number of aromatic nitrogens is 2. The number of fused-ring (bicyclic) bond motifs is 1. The fraction of sp³-hybridized carbons (Fsp3) is 0.214. The molecule has 2 heterocycles. The molecule has 0 unspecified atom stereocenters. The number of anilines is 1. The molecule has 0 amide bonds. The van der Waals surface area contributed by atoms with Crippen molar-refractivity contribution in [3.8, 4) is 0 Å². The molecular formula is C14H15N3O2S2. The van der Waals surface area contributed by atoms with Gasteiger partial charge in [0, 0.05) is 11.9 Å². The Morgan fingerprint density at radius 2 is 1.95 bits per heavy atom. The summed E-state index contributed by atoms with van der Waals surface area (Å²) in [7, 11) is -1.95. The van der Waals surface area contributed by atoms with Gasteiger partial charge in [-0.25, -0.2) is 13.4 Å². The smallest absolute Gasteiger partial charge is 0.273 e. The Kier molecular flexibility index (Phi) is 3.26. The van der Waals surface area contributed by atoms with Gasteiger partial charge in [0.05, 0.1) is 16.7 Å². The molecule has 0 aliphatic carbocycles. The number of H-pyrrole nitrogens is 1. The zero-order chi connectivity index (χ0) is 15.2. The van der Waals surface area contributed by atoms with Crippen LogP contribution in [0.1, 0.15) is 10.7 Å². The van der Waals surface area contributed by atoms with Gasteiger partial charge in [-0.05, 0) is 44.2 Å². The van der Waals surface area contributed by atoms with Crippen molar-refractivity contribution in [2.45, 2.75) is 18.1 Å². The van der Waals surface area contributed by atoms with Crippen LogP contribution in [-0.2, 0) is 10.0 Å². The summed E-state index contributed by atoms with van der Waals surface area (Å²) in [5.41, 5.74) is 2.26. The SMILES string of the molecule is Cc1nc2ccc(N(C)S(=O)(=O)c3ccc(C)s3)cc2[nH]1. The fourth-order valence-corrected chi connectivity index (χ4v) is 4.79. The highest BCUT2D eigenvalue weighted by molar-refractivity contribution is 7.94. The predicted molar refractivity (Wildman–Crippen MR) is 85.5 cm³/mol. The second-order valence-corrected chi connectivity index (χ2v) is 8.35. The van der Waals surface area contributed by atoms with Crippen LogP contribution in [0.25, 0.3) is 11.0 Å². The summed E-state index contributed by atoms with van der Waals surface area (Å²) >= 11 is 1.28. The Hall–Kier alpha value is -1.86. The Labute approximate surface area is 127 Å². The number of benzene rings is 1. The average molecular weight is 321 g/mol. The molecule has 0 spiro atoms. The quantitative estimate of drug-likeness (QED) is 0.806. The fourth-order valence-electron chi connectivity index (χ4n) is 2.15. The summed E-state index contributed by atoms with van der Waals surface area (Å²) in [4.78, 5) is 8.41. The van der Waals surface area contributed by atoms with Crippen molar-refractivity contribution in [3.63, 3.8) is 0 Å². The molecule has 1 aromatic carbocycles. The molecule has 0 bridgehead atoms. The highest BCUT2D eigenvalue weighted by Crippen LogP contribution is 2.28. The molecule has 3 aromatic rings. The summed E-state index contributed by atoms with van der Waals surface area (Å²) in [6, 6.07) is 8.84. The molecule has 0 saturated heterocycles. The van der Waals surface area contributed by atoms with E-state index in [9.17, 15) is 8.42 Å². The molecule has 5 nitrogen and oxygen atoms in total. The van der Waals surface area contributed by atoms with E-state index in [4.69, 9.17) is 0 Å². The summed E-state index contributed by atoms with van der Waals surface area (Å²) in [5, 5.41) is 0. The van der Waals surface area contributed by atoms with Crippen LogP contribution in [0.4, 0.5) is 5.69 Å². The van der Waals surface area contributed by atoms with Gasteiger partial charge in [0.25, 0.3) is 10.0 Å². The van der Waals surface area contributed by atoms with Crippen LogP contribution < -0.4 is 4.31 Å². The summed E-state index contributed by atoms with van der Waals surface area (Å²) < 4.78 is 26.8. The van der Waals surface area contributed by atoms with Crippen LogP contribution in [0.3, 0.4) is 0 Å². The number of rotatable bonds is 3. The van der Waals surface area contributed by atoms with E-state index >= 15 is 0 Å². The van der Waals surface area contributed by atoms with Crippen LogP contribution in [-0.4, -0.2) is 25.4 Å². The van der Waals surface area contributed by atoms with Crippen molar-refractivity contribution in [2.75, 3.05) is 11.4 Å². The number of hydrogen-bond donors (Lipinski definition) is 1. The van der Waals surface area contributed by atoms with Crippen LogP contribution >= 0.6 is 11.3 Å². The van der Waals surface area contributed by atoms with Crippen molar-refractivity contribution in [3.05, 3.63) is 41.0 Å². The van der Waals surface area contributed by atoms with Crippen molar-refractivity contribution in [2.24, 2.45) is 0 Å². The Balaban J connectivity index is 2.04. The normalized spacial score (nSPS) is 12.0. The van der Waals surface area contributed by atoms with E-state index in [0.29, 0.717) is 9.90 Å². The minimum atomic E-state index is -3.52. The molecule has 110 valence electrons. The van der Waals surface area contributed by atoms with Crippen molar-refractivity contribution in [1.82, 2.24) is 9.97 Å². The van der Waals surface area contributed by atoms with Crippen molar-refractivity contribution in [1.29, 1.82) is 0 Å².